The highest BCUT2D eigenvalue weighted by atomic mass is 16.5. The molecule has 0 spiro atoms. The van der Waals surface area contributed by atoms with E-state index in [2.05, 4.69) is 0 Å². The van der Waals surface area contributed by atoms with Crippen molar-refractivity contribution in [2.24, 2.45) is 0 Å². The lowest BCUT2D eigenvalue weighted by molar-refractivity contribution is -0.240. The SMILES string of the molecule is OC1CCCCC1(O)O. The molecule has 3 nitrogen and oxygen atoms in total. The van der Waals surface area contributed by atoms with Gasteiger partial charge >= 0.3 is 0 Å². The average Bonchev–Trinajstić information content (AvgIpc) is 1.77. The fraction of sp³-hybridized carbons (Fsp3) is 1.00. The Morgan fingerprint density at radius 3 is 2.22 bits per heavy atom. The van der Waals surface area contributed by atoms with Crippen LogP contribution in [0.4, 0.5) is 0 Å². The average molecular weight is 132 g/mol. The molecular weight excluding hydrogens is 120 g/mol. The van der Waals surface area contributed by atoms with Crippen molar-refractivity contribution in [1.29, 1.82) is 0 Å². The van der Waals surface area contributed by atoms with Crippen LogP contribution in [0.15, 0.2) is 0 Å². The first kappa shape index (κ1) is 6.99. The van der Waals surface area contributed by atoms with E-state index in [1.807, 2.05) is 0 Å². The summed E-state index contributed by atoms with van der Waals surface area (Å²) in [6.45, 7) is 0. The molecule has 0 bridgehead atoms. The number of aliphatic hydroxyl groups is 3. The molecule has 1 saturated carbocycles. The van der Waals surface area contributed by atoms with Crippen molar-refractivity contribution in [2.45, 2.75) is 37.6 Å². The standard InChI is InChI=1S/C6H12O3/c7-5-3-1-2-4-6(5,8)9/h5,7-9H,1-4H2. The zero-order valence-electron chi connectivity index (χ0n) is 5.25. The Labute approximate surface area is 53.9 Å². The third kappa shape index (κ3) is 1.41. The van der Waals surface area contributed by atoms with E-state index in [-0.39, 0.29) is 0 Å². The van der Waals surface area contributed by atoms with E-state index in [9.17, 15) is 0 Å². The maximum atomic E-state index is 8.95. The molecule has 0 aromatic carbocycles. The van der Waals surface area contributed by atoms with E-state index in [0.717, 1.165) is 12.8 Å². The van der Waals surface area contributed by atoms with E-state index < -0.39 is 11.9 Å². The topological polar surface area (TPSA) is 60.7 Å². The minimum absolute atomic E-state index is 0.300. The van der Waals surface area contributed by atoms with E-state index >= 15 is 0 Å². The van der Waals surface area contributed by atoms with Crippen LogP contribution in [0, 0.1) is 0 Å². The molecule has 0 amide bonds. The molecule has 1 aliphatic rings. The van der Waals surface area contributed by atoms with Crippen LogP contribution < -0.4 is 0 Å². The molecule has 1 aliphatic carbocycles. The van der Waals surface area contributed by atoms with Crippen LogP contribution in [0.5, 0.6) is 0 Å². The van der Waals surface area contributed by atoms with Gasteiger partial charge in [0.05, 0.1) is 0 Å². The van der Waals surface area contributed by atoms with Crippen LogP contribution in [0.3, 0.4) is 0 Å². The van der Waals surface area contributed by atoms with Crippen molar-refractivity contribution in [3.8, 4) is 0 Å². The number of hydrogen-bond acceptors (Lipinski definition) is 3. The maximum absolute atomic E-state index is 8.95. The third-order valence-corrected chi connectivity index (χ3v) is 1.81. The van der Waals surface area contributed by atoms with Crippen molar-refractivity contribution in [1.82, 2.24) is 0 Å². The molecule has 0 radical (unpaired) electrons. The van der Waals surface area contributed by atoms with E-state index in [1.165, 1.54) is 0 Å². The number of rotatable bonds is 0. The molecular formula is C6H12O3. The Hall–Kier alpha value is -0.120. The van der Waals surface area contributed by atoms with Gasteiger partial charge in [-0.1, -0.05) is 6.42 Å². The van der Waals surface area contributed by atoms with E-state index in [4.69, 9.17) is 15.3 Å². The molecule has 0 saturated heterocycles. The summed E-state index contributed by atoms with van der Waals surface area (Å²) in [7, 11) is 0. The lowest BCUT2D eigenvalue weighted by Gasteiger charge is -2.31. The van der Waals surface area contributed by atoms with Crippen LogP contribution in [0.2, 0.25) is 0 Å². The minimum Gasteiger partial charge on any atom is -0.388 e. The molecule has 0 aliphatic heterocycles. The van der Waals surface area contributed by atoms with Gasteiger partial charge in [0.2, 0.25) is 0 Å². The van der Waals surface area contributed by atoms with Gasteiger partial charge in [-0.2, -0.15) is 0 Å². The van der Waals surface area contributed by atoms with Crippen molar-refractivity contribution in [2.75, 3.05) is 0 Å². The Balaban J connectivity index is 2.49. The zero-order valence-corrected chi connectivity index (χ0v) is 5.25. The number of hydrogen-bond donors (Lipinski definition) is 3. The summed E-state index contributed by atoms with van der Waals surface area (Å²) in [4.78, 5) is 0. The normalized spacial score (nSPS) is 34.3. The Kier molecular flexibility index (Phi) is 1.75. The fourth-order valence-electron chi connectivity index (χ4n) is 1.12. The Morgan fingerprint density at radius 1 is 1.22 bits per heavy atom. The lowest BCUT2D eigenvalue weighted by Crippen LogP contribution is -2.44. The Morgan fingerprint density at radius 2 is 1.89 bits per heavy atom. The van der Waals surface area contributed by atoms with Gasteiger partial charge in [0.15, 0.2) is 5.79 Å². The molecule has 0 heterocycles. The van der Waals surface area contributed by atoms with Crippen LogP contribution in [-0.2, 0) is 0 Å². The second-order valence-corrected chi connectivity index (χ2v) is 2.64. The van der Waals surface area contributed by atoms with Crippen LogP contribution in [0.1, 0.15) is 25.7 Å². The van der Waals surface area contributed by atoms with Crippen LogP contribution in [0.25, 0.3) is 0 Å². The highest BCUT2D eigenvalue weighted by Gasteiger charge is 2.34. The summed E-state index contributed by atoms with van der Waals surface area (Å²) in [5.41, 5.74) is 0. The number of aliphatic hydroxyl groups excluding tert-OH is 1. The summed E-state index contributed by atoms with van der Waals surface area (Å²) in [6, 6.07) is 0. The van der Waals surface area contributed by atoms with E-state index in [1.54, 1.807) is 0 Å². The van der Waals surface area contributed by atoms with Gasteiger partial charge in [0.1, 0.15) is 6.10 Å². The van der Waals surface area contributed by atoms with Gasteiger partial charge in [0.25, 0.3) is 0 Å². The molecule has 54 valence electrons. The molecule has 0 aromatic rings. The summed E-state index contributed by atoms with van der Waals surface area (Å²) in [6.07, 6.45) is 1.56. The lowest BCUT2D eigenvalue weighted by atomic mass is 9.92. The predicted octanol–water partition coefficient (Wildman–Crippen LogP) is -0.398. The van der Waals surface area contributed by atoms with Crippen molar-refractivity contribution >= 4 is 0 Å². The summed E-state index contributed by atoms with van der Waals surface area (Å²) < 4.78 is 0. The summed E-state index contributed by atoms with van der Waals surface area (Å²) in [5, 5.41) is 26.8. The van der Waals surface area contributed by atoms with Crippen LogP contribution in [-0.4, -0.2) is 27.2 Å². The first-order valence-corrected chi connectivity index (χ1v) is 3.26. The molecule has 3 heteroatoms. The maximum Gasteiger partial charge on any atom is 0.189 e. The van der Waals surface area contributed by atoms with Crippen molar-refractivity contribution in [3.63, 3.8) is 0 Å². The predicted molar refractivity (Wildman–Crippen MR) is 31.6 cm³/mol. The van der Waals surface area contributed by atoms with Gasteiger partial charge in [0, 0.05) is 6.42 Å². The van der Waals surface area contributed by atoms with Crippen molar-refractivity contribution in [3.05, 3.63) is 0 Å². The van der Waals surface area contributed by atoms with E-state index in [0.29, 0.717) is 12.8 Å². The monoisotopic (exact) mass is 132 g/mol. The first-order chi connectivity index (χ1) is 4.13. The van der Waals surface area contributed by atoms with Gasteiger partial charge < -0.3 is 15.3 Å². The molecule has 1 atom stereocenters. The van der Waals surface area contributed by atoms with Crippen LogP contribution >= 0.6 is 0 Å². The van der Waals surface area contributed by atoms with Crippen molar-refractivity contribution < 1.29 is 15.3 Å². The molecule has 0 aromatic heterocycles. The molecule has 9 heavy (non-hydrogen) atoms. The second-order valence-electron chi connectivity index (χ2n) is 2.64. The van der Waals surface area contributed by atoms with Gasteiger partial charge in [-0.3, -0.25) is 0 Å². The third-order valence-electron chi connectivity index (χ3n) is 1.81. The highest BCUT2D eigenvalue weighted by molar-refractivity contribution is 4.79. The van der Waals surface area contributed by atoms with Gasteiger partial charge in [-0.25, -0.2) is 0 Å². The summed E-state index contributed by atoms with van der Waals surface area (Å²) >= 11 is 0. The largest absolute Gasteiger partial charge is 0.388 e. The smallest absolute Gasteiger partial charge is 0.189 e. The Bertz CT molecular complexity index is 100. The first-order valence-electron chi connectivity index (χ1n) is 3.26. The highest BCUT2D eigenvalue weighted by Crippen LogP contribution is 2.25. The molecule has 1 fully saturated rings. The molecule has 1 rings (SSSR count). The molecule has 1 unspecified atom stereocenters. The fourth-order valence-corrected chi connectivity index (χ4v) is 1.12. The minimum atomic E-state index is -1.81. The second kappa shape index (κ2) is 2.25. The zero-order chi connectivity index (χ0) is 6.91. The molecule has 3 N–H and O–H groups in total. The summed E-state index contributed by atoms with van der Waals surface area (Å²) in [5.74, 6) is -1.81. The quantitative estimate of drug-likeness (QED) is 0.393. The van der Waals surface area contributed by atoms with Gasteiger partial charge in [-0.05, 0) is 12.8 Å². The van der Waals surface area contributed by atoms with Gasteiger partial charge in [-0.15, -0.1) is 0 Å².